The van der Waals surface area contributed by atoms with Crippen molar-refractivity contribution in [2.24, 2.45) is 0 Å². The zero-order valence-corrected chi connectivity index (χ0v) is 12.7. The Morgan fingerprint density at radius 1 is 1.29 bits per heavy atom. The summed E-state index contributed by atoms with van der Waals surface area (Å²) in [6, 6.07) is 4.14. The van der Waals surface area contributed by atoms with Gasteiger partial charge < -0.3 is 5.32 Å². The molecule has 21 heavy (non-hydrogen) atoms. The molecule has 2 aliphatic rings. The van der Waals surface area contributed by atoms with Crippen LogP contribution in [0.1, 0.15) is 44.6 Å². The third-order valence-corrected chi connectivity index (χ3v) is 5.13. The molecule has 2 fully saturated rings. The van der Waals surface area contributed by atoms with Crippen molar-refractivity contribution >= 4 is 0 Å². The van der Waals surface area contributed by atoms with Gasteiger partial charge in [0.2, 0.25) is 0 Å². The van der Waals surface area contributed by atoms with Gasteiger partial charge in [-0.25, -0.2) is 8.78 Å². The van der Waals surface area contributed by atoms with E-state index >= 15 is 0 Å². The summed E-state index contributed by atoms with van der Waals surface area (Å²) in [5.74, 6) is -0.663. The number of rotatable bonds is 2. The first-order valence-electron chi connectivity index (χ1n) is 8.01. The summed E-state index contributed by atoms with van der Waals surface area (Å²) in [5.41, 5.74) is 0.658. The monoisotopic (exact) mass is 294 g/mol. The number of hydrogen-bond acceptors (Lipinski definition) is 2. The van der Waals surface area contributed by atoms with Gasteiger partial charge in [0.05, 0.1) is 0 Å². The van der Waals surface area contributed by atoms with E-state index in [1.54, 1.807) is 0 Å². The second-order valence-corrected chi connectivity index (χ2v) is 6.69. The third kappa shape index (κ3) is 3.27. The van der Waals surface area contributed by atoms with Crippen molar-refractivity contribution in [3.8, 4) is 0 Å². The van der Waals surface area contributed by atoms with Crippen LogP contribution in [0, 0.1) is 11.6 Å². The predicted octanol–water partition coefficient (Wildman–Crippen LogP) is 3.46. The molecule has 1 spiro atoms. The molecule has 1 saturated heterocycles. The quantitative estimate of drug-likeness (QED) is 0.898. The Labute approximate surface area is 125 Å². The van der Waals surface area contributed by atoms with E-state index in [0.29, 0.717) is 18.2 Å². The molecule has 1 saturated carbocycles. The van der Waals surface area contributed by atoms with Crippen LogP contribution < -0.4 is 5.32 Å². The van der Waals surface area contributed by atoms with Gasteiger partial charge in [-0.05, 0) is 50.9 Å². The molecule has 1 atom stereocenters. The van der Waals surface area contributed by atoms with Crippen LogP contribution in [-0.2, 0) is 6.54 Å². The molecule has 0 radical (unpaired) electrons. The molecule has 1 aromatic carbocycles. The highest BCUT2D eigenvalue weighted by Gasteiger charge is 2.38. The minimum Gasteiger partial charge on any atom is -0.310 e. The number of halogens is 2. The SMILES string of the molecule is CC1CCNC2(CCCC2)CN1Cc1cc(F)ccc1F. The first kappa shape index (κ1) is 14.9. The van der Waals surface area contributed by atoms with Crippen LogP contribution >= 0.6 is 0 Å². The summed E-state index contributed by atoms with van der Waals surface area (Å²) >= 11 is 0. The molecule has 2 nitrogen and oxygen atoms in total. The molecular formula is C17H24F2N2. The minimum atomic E-state index is -0.359. The van der Waals surface area contributed by atoms with Crippen molar-refractivity contribution in [2.45, 2.75) is 57.2 Å². The van der Waals surface area contributed by atoms with Crippen LogP contribution in [0.25, 0.3) is 0 Å². The Bertz CT molecular complexity index is 498. The third-order valence-electron chi connectivity index (χ3n) is 5.13. The first-order valence-corrected chi connectivity index (χ1v) is 8.01. The molecule has 3 rings (SSSR count). The highest BCUT2D eigenvalue weighted by Crippen LogP contribution is 2.33. The van der Waals surface area contributed by atoms with Gasteiger partial charge in [0.15, 0.2) is 0 Å². The number of nitrogens with one attached hydrogen (secondary N) is 1. The smallest absolute Gasteiger partial charge is 0.127 e. The van der Waals surface area contributed by atoms with Crippen LogP contribution in [-0.4, -0.2) is 29.6 Å². The maximum absolute atomic E-state index is 13.9. The van der Waals surface area contributed by atoms with Gasteiger partial charge in [0, 0.05) is 30.2 Å². The lowest BCUT2D eigenvalue weighted by Gasteiger charge is -2.35. The summed E-state index contributed by atoms with van der Waals surface area (Å²) < 4.78 is 27.3. The Kier molecular flexibility index (Phi) is 4.27. The molecule has 1 aliphatic heterocycles. The normalized spacial score (nSPS) is 26.1. The molecule has 1 heterocycles. The predicted molar refractivity (Wildman–Crippen MR) is 80.0 cm³/mol. The topological polar surface area (TPSA) is 15.3 Å². The summed E-state index contributed by atoms with van der Waals surface area (Å²) in [4.78, 5) is 2.32. The van der Waals surface area contributed by atoms with Crippen molar-refractivity contribution in [1.29, 1.82) is 0 Å². The average molecular weight is 294 g/mol. The first-order chi connectivity index (χ1) is 10.1. The summed E-state index contributed by atoms with van der Waals surface area (Å²) in [5, 5.41) is 3.72. The van der Waals surface area contributed by atoms with E-state index in [0.717, 1.165) is 19.5 Å². The minimum absolute atomic E-state index is 0.189. The summed E-state index contributed by atoms with van der Waals surface area (Å²) in [6.45, 7) is 4.63. The van der Waals surface area contributed by atoms with E-state index in [4.69, 9.17) is 0 Å². The fraction of sp³-hybridized carbons (Fsp3) is 0.647. The van der Waals surface area contributed by atoms with Crippen molar-refractivity contribution < 1.29 is 8.78 Å². The van der Waals surface area contributed by atoms with Crippen LogP contribution in [0.2, 0.25) is 0 Å². The highest BCUT2D eigenvalue weighted by atomic mass is 19.1. The fourth-order valence-corrected chi connectivity index (χ4v) is 3.81. The molecule has 1 N–H and O–H groups in total. The number of hydrogen-bond donors (Lipinski definition) is 1. The molecule has 4 heteroatoms. The average Bonchev–Trinajstić information content (AvgIpc) is 2.84. The Hall–Kier alpha value is -1.00. The van der Waals surface area contributed by atoms with Crippen molar-refractivity contribution in [1.82, 2.24) is 10.2 Å². The molecule has 0 aromatic heterocycles. The molecular weight excluding hydrogens is 270 g/mol. The van der Waals surface area contributed by atoms with Crippen molar-refractivity contribution in [2.75, 3.05) is 13.1 Å². The zero-order valence-electron chi connectivity index (χ0n) is 12.7. The van der Waals surface area contributed by atoms with Crippen molar-refractivity contribution in [3.05, 3.63) is 35.4 Å². The van der Waals surface area contributed by atoms with Gasteiger partial charge >= 0.3 is 0 Å². The van der Waals surface area contributed by atoms with E-state index in [9.17, 15) is 8.78 Å². The van der Waals surface area contributed by atoms with Crippen LogP contribution in [0.3, 0.4) is 0 Å². The van der Waals surface area contributed by atoms with Crippen LogP contribution in [0.15, 0.2) is 18.2 Å². The number of benzene rings is 1. The van der Waals surface area contributed by atoms with Gasteiger partial charge in [-0.1, -0.05) is 12.8 Å². The molecule has 0 bridgehead atoms. The van der Waals surface area contributed by atoms with E-state index in [2.05, 4.69) is 17.1 Å². The van der Waals surface area contributed by atoms with Crippen LogP contribution in [0.5, 0.6) is 0 Å². The van der Waals surface area contributed by atoms with Gasteiger partial charge in [0.1, 0.15) is 11.6 Å². The van der Waals surface area contributed by atoms with E-state index < -0.39 is 0 Å². The molecule has 116 valence electrons. The molecule has 1 aliphatic carbocycles. The molecule has 1 aromatic rings. The van der Waals surface area contributed by atoms with Gasteiger partial charge in [-0.15, -0.1) is 0 Å². The standard InChI is InChI=1S/C17H24F2N2/c1-13-6-9-20-17(7-2-3-8-17)12-21(13)11-14-10-15(18)4-5-16(14)19/h4-5,10,13,20H,2-3,6-9,11-12H2,1H3. The van der Waals surface area contributed by atoms with Gasteiger partial charge in [-0.2, -0.15) is 0 Å². The van der Waals surface area contributed by atoms with E-state index in [-0.39, 0.29) is 17.2 Å². The van der Waals surface area contributed by atoms with Gasteiger partial charge in [-0.3, -0.25) is 4.90 Å². The van der Waals surface area contributed by atoms with E-state index in [1.165, 1.54) is 43.9 Å². The molecule has 0 amide bonds. The second kappa shape index (κ2) is 6.01. The lowest BCUT2D eigenvalue weighted by Crippen LogP contribution is -2.50. The Balaban J connectivity index is 1.79. The van der Waals surface area contributed by atoms with Crippen molar-refractivity contribution in [3.63, 3.8) is 0 Å². The van der Waals surface area contributed by atoms with Crippen LogP contribution in [0.4, 0.5) is 8.78 Å². The largest absolute Gasteiger partial charge is 0.310 e. The van der Waals surface area contributed by atoms with Gasteiger partial charge in [0.25, 0.3) is 0 Å². The second-order valence-electron chi connectivity index (χ2n) is 6.69. The van der Waals surface area contributed by atoms with E-state index in [1.807, 2.05) is 0 Å². The Morgan fingerprint density at radius 3 is 2.81 bits per heavy atom. The maximum Gasteiger partial charge on any atom is 0.127 e. The summed E-state index contributed by atoms with van der Waals surface area (Å²) in [6.07, 6.45) is 5.98. The summed E-state index contributed by atoms with van der Waals surface area (Å²) in [7, 11) is 0. The molecule has 1 unspecified atom stereocenters. The zero-order chi connectivity index (χ0) is 14.9. The highest BCUT2D eigenvalue weighted by molar-refractivity contribution is 5.19. The maximum atomic E-state index is 13.9. The lowest BCUT2D eigenvalue weighted by molar-refractivity contribution is 0.158. The number of nitrogens with zero attached hydrogens (tertiary/aromatic N) is 1. The fourth-order valence-electron chi connectivity index (χ4n) is 3.81. The lowest BCUT2D eigenvalue weighted by atomic mass is 9.96. The Morgan fingerprint density at radius 2 is 2.05 bits per heavy atom.